The van der Waals surface area contributed by atoms with Gasteiger partial charge in [-0.2, -0.15) is 0 Å². The molecule has 3 heteroatoms. The van der Waals surface area contributed by atoms with E-state index in [2.05, 4.69) is 17.5 Å². The molecular formula is C13H15NO2. The van der Waals surface area contributed by atoms with E-state index in [1.54, 1.807) is 0 Å². The Labute approximate surface area is 94.6 Å². The van der Waals surface area contributed by atoms with Gasteiger partial charge in [-0.05, 0) is 25.2 Å². The van der Waals surface area contributed by atoms with Crippen LogP contribution in [0.3, 0.4) is 0 Å². The number of rotatable bonds is 0. The third kappa shape index (κ3) is 0.819. The van der Waals surface area contributed by atoms with Crippen LogP contribution in [0.4, 0.5) is 0 Å². The van der Waals surface area contributed by atoms with Crippen molar-refractivity contribution in [2.75, 3.05) is 0 Å². The van der Waals surface area contributed by atoms with Crippen LogP contribution in [0.5, 0.6) is 0 Å². The highest BCUT2D eigenvalue weighted by molar-refractivity contribution is 6.10. The average Bonchev–Trinajstić information content (AvgIpc) is 2.51. The number of carbonyl (C=O) groups is 2. The molecule has 0 radical (unpaired) electrons. The molecule has 0 aromatic rings. The van der Waals surface area contributed by atoms with Crippen LogP contribution >= 0.6 is 0 Å². The molecule has 1 heterocycles. The molecule has 3 aliphatic rings. The Morgan fingerprint density at radius 2 is 1.81 bits per heavy atom. The number of imide groups is 1. The maximum Gasteiger partial charge on any atom is 0.234 e. The molecule has 0 bridgehead atoms. The molecular weight excluding hydrogens is 202 g/mol. The Morgan fingerprint density at radius 1 is 1.12 bits per heavy atom. The maximum absolute atomic E-state index is 12.2. The fraction of sp³-hybridized carbons (Fsp3) is 0.538. The molecule has 1 fully saturated rings. The topological polar surface area (TPSA) is 46.2 Å². The van der Waals surface area contributed by atoms with E-state index in [0.717, 1.165) is 0 Å². The lowest BCUT2D eigenvalue weighted by molar-refractivity contribution is -0.139. The summed E-state index contributed by atoms with van der Waals surface area (Å²) in [5.74, 6) is -0.00519. The summed E-state index contributed by atoms with van der Waals surface area (Å²) in [5.41, 5.74) is -1.03. The highest BCUT2D eigenvalue weighted by Gasteiger charge is 2.67. The van der Waals surface area contributed by atoms with Gasteiger partial charge in [-0.15, -0.1) is 0 Å². The van der Waals surface area contributed by atoms with Crippen LogP contribution in [-0.4, -0.2) is 11.8 Å². The number of hydrogen-bond donors (Lipinski definition) is 1. The minimum Gasteiger partial charge on any atom is -0.295 e. The zero-order valence-corrected chi connectivity index (χ0v) is 9.32. The minimum atomic E-state index is -0.520. The molecule has 2 aliphatic carbocycles. The SMILES string of the molecule is C[C@@H]1C=CC[C@]23CC=CC[C@]12C(=O)NC3=O. The van der Waals surface area contributed by atoms with Gasteiger partial charge in [0.25, 0.3) is 0 Å². The van der Waals surface area contributed by atoms with Crippen LogP contribution in [0.2, 0.25) is 0 Å². The molecule has 0 aromatic heterocycles. The molecule has 0 spiro atoms. The molecule has 3 rings (SSSR count). The van der Waals surface area contributed by atoms with Gasteiger partial charge in [-0.1, -0.05) is 31.2 Å². The van der Waals surface area contributed by atoms with Crippen molar-refractivity contribution in [3.63, 3.8) is 0 Å². The molecule has 2 amide bonds. The summed E-state index contributed by atoms with van der Waals surface area (Å²) in [7, 11) is 0. The first-order valence-corrected chi connectivity index (χ1v) is 5.81. The molecule has 1 N–H and O–H groups in total. The average molecular weight is 217 g/mol. The number of nitrogens with one attached hydrogen (secondary N) is 1. The van der Waals surface area contributed by atoms with E-state index in [4.69, 9.17) is 0 Å². The largest absolute Gasteiger partial charge is 0.295 e. The van der Waals surface area contributed by atoms with Gasteiger partial charge >= 0.3 is 0 Å². The number of amides is 2. The van der Waals surface area contributed by atoms with Crippen molar-refractivity contribution in [2.45, 2.75) is 26.2 Å². The van der Waals surface area contributed by atoms with Crippen molar-refractivity contribution in [2.24, 2.45) is 16.7 Å². The van der Waals surface area contributed by atoms with Gasteiger partial charge in [0.2, 0.25) is 11.8 Å². The molecule has 3 atom stereocenters. The van der Waals surface area contributed by atoms with Crippen molar-refractivity contribution < 1.29 is 9.59 Å². The molecule has 84 valence electrons. The summed E-state index contributed by atoms with van der Waals surface area (Å²) in [6.45, 7) is 2.04. The first-order valence-electron chi connectivity index (χ1n) is 5.81. The zero-order valence-electron chi connectivity index (χ0n) is 9.32. The Bertz CT molecular complexity index is 437. The van der Waals surface area contributed by atoms with Gasteiger partial charge in [0, 0.05) is 0 Å². The summed E-state index contributed by atoms with van der Waals surface area (Å²) in [4.78, 5) is 24.3. The van der Waals surface area contributed by atoms with E-state index in [0.29, 0.717) is 19.3 Å². The predicted molar refractivity (Wildman–Crippen MR) is 59.3 cm³/mol. The summed E-state index contributed by atoms with van der Waals surface area (Å²) in [5, 5.41) is 2.55. The highest BCUT2D eigenvalue weighted by Crippen LogP contribution is 2.60. The van der Waals surface area contributed by atoms with Crippen LogP contribution < -0.4 is 5.32 Å². The number of carbonyl (C=O) groups excluding carboxylic acids is 2. The molecule has 0 aromatic carbocycles. The second-order valence-electron chi connectivity index (χ2n) is 5.14. The van der Waals surface area contributed by atoms with Gasteiger partial charge in [0.15, 0.2) is 0 Å². The summed E-state index contributed by atoms with van der Waals surface area (Å²) in [6.07, 6.45) is 10.3. The standard InChI is InChI=1S/C13H15NO2/c1-9-5-4-7-12-6-2-3-8-13(9,12)11(16)14-10(12)15/h2-5,9H,6-8H2,1H3,(H,14,15,16)/t9-,12+,13-/m1/s1. The summed E-state index contributed by atoms with van der Waals surface area (Å²) < 4.78 is 0. The van der Waals surface area contributed by atoms with Gasteiger partial charge in [0.1, 0.15) is 0 Å². The minimum absolute atomic E-state index is 0.0706. The van der Waals surface area contributed by atoms with Crippen LogP contribution in [0.25, 0.3) is 0 Å². The third-order valence-corrected chi connectivity index (χ3v) is 4.66. The zero-order chi connectivity index (χ0) is 11.4. The Morgan fingerprint density at radius 3 is 2.56 bits per heavy atom. The second-order valence-corrected chi connectivity index (χ2v) is 5.14. The Balaban J connectivity index is 2.26. The van der Waals surface area contributed by atoms with Crippen molar-refractivity contribution in [1.82, 2.24) is 5.32 Å². The molecule has 3 nitrogen and oxygen atoms in total. The third-order valence-electron chi connectivity index (χ3n) is 4.66. The Hall–Kier alpha value is -1.38. The van der Waals surface area contributed by atoms with Gasteiger partial charge in [0.05, 0.1) is 10.8 Å². The van der Waals surface area contributed by atoms with E-state index in [1.165, 1.54) is 0 Å². The molecule has 16 heavy (non-hydrogen) atoms. The van der Waals surface area contributed by atoms with Crippen molar-refractivity contribution >= 4 is 11.8 Å². The molecule has 1 saturated heterocycles. The first kappa shape index (κ1) is 9.82. The van der Waals surface area contributed by atoms with Crippen LogP contribution in [-0.2, 0) is 9.59 Å². The normalized spacial score (nSPS) is 45.2. The summed E-state index contributed by atoms with van der Waals surface area (Å²) >= 11 is 0. The van der Waals surface area contributed by atoms with E-state index < -0.39 is 10.8 Å². The second kappa shape index (κ2) is 2.84. The quantitative estimate of drug-likeness (QED) is 0.494. The van der Waals surface area contributed by atoms with E-state index in [1.807, 2.05) is 19.1 Å². The molecule has 1 aliphatic heterocycles. The fourth-order valence-electron chi connectivity index (χ4n) is 3.70. The van der Waals surface area contributed by atoms with Crippen LogP contribution in [0, 0.1) is 16.7 Å². The Kier molecular flexibility index (Phi) is 1.74. The lowest BCUT2D eigenvalue weighted by Gasteiger charge is -2.48. The van der Waals surface area contributed by atoms with E-state index in [-0.39, 0.29) is 17.7 Å². The molecule has 0 saturated carbocycles. The van der Waals surface area contributed by atoms with Gasteiger partial charge in [-0.25, -0.2) is 0 Å². The molecule has 0 unspecified atom stereocenters. The smallest absolute Gasteiger partial charge is 0.234 e. The van der Waals surface area contributed by atoms with Crippen molar-refractivity contribution in [1.29, 1.82) is 0 Å². The van der Waals surface area contributed by atoms with Gasteiger partial charge in [-0.3, -0.25) is 14.9 Å². The van der Waals surface area contributed by atoms with Crippen molar-refractivity contribution in [3.05, 3.63) is 24.3 Å². The highest BCUT2D eigenvalue weighted by atomic mass is 16.2. The van der Waals surface area contributed by atoms with Crippen molar-refractivity contribution in [3.8, 4) is 0 Å². The lowest BCUT2D eigenvalue weighted by atomic mass is 9.51. The monoisotopic (exact) mass is 217 g/mol. The van der Waals surface area contributed by atoms with E-state index >= 15 is 0 Å². The van der Waals surface area contributed by atoms with E-state index in [9.17, 15) is 9.59 Å². The summed E-state index contributed by atoms with van der Waals surface area (Å²) in [6, 6.07) is 0. The lowest BCUT2D eigenvalue weighted by Crippen LogP contribution is -2.51. The number of hydrogen-bond acceptors (Lipinski definition) is 2. The predicted octanol–water partition coefficient (Wildman–Crippen LogP) is 1.56. The van der Waals surface area contributed by atoms with Gasteiger partial charge < -0.3 is 0 Å². The fourth-order valence-corrected chi connectivity index (χ4v) is 3.70. The maximum atomic E-state index is 12.2. The first-order chi connectivity index (χ1) is 7.63. The number of allylic oxidation sites excluding steroid dienone is 4. The van der Waals surface area contributed by atoms with Crippen LogP contribution in [0.15, 0.2) is 24.3 Å². The van der Waals surface area contributed by atoms with Crippen LogP contribution in [0.1, 0.15) is 26.2 Å².